The summed E-state index contributed by atoms with van der Waals surface area (Å²) >= 11 is 0. The quantitative estimate of drug-likeness (QED) is 0.913. The summed E-state index contributed by atoms with van der Waals surface area (Å²) in [6.45, 7) is 3.58. The Hall–Kier alpha value is -2.88. The third kappa shape index (κ3) is 3.63. The van der Waals surface area contributed by atoms with Crippen molar-refractivity contribution in [3.05, 3.63) is 71.4 Å². The molecule has 1 unspecified atom stereocenters. The van der Waals surface area contributed by atoms with Crippen LogP contribution < -0.4 is 5.32 Å². The monoisotopic (exact) mass is 334 g/mol. The van der Waals surface area contributed by atoms with E-state index in [1.54, 1.807) is 11.1 Å². The zero-order valence-corrected chi connectivity index (χ0v) is 14.5. The number of hydrogen-bond acceptors (Lipinski definition) is 2. The standard InChI is InChI=1S/C21H22N2O2/c1-3-16-8-5-7-11-19(16)22-21(25)14-20-18-10-6-4-9-17(18)12-13-23(20)15(2)24/h4-13,20H,3,14H2,1-2H3,(H,22,25). The Morgan fingerprint density at radius 1 is 1.08 bits per heavy atom. The van der Waals surface area contributed by atoms with E-state index in [4.69, 9.17) is 0 Å². The molecule has 1 heterocycles. The smallest absolute Gasteiger partial charge is 0.226 e. The molecular formula is C21H22N2O2. The second kappa shape index (κ2) is 7.34. The minimum absolute atomic E-state index is 0.0717. The molecule has 2 amide bonds. The Labute approximate surface area is 148 Å². The van der Waals surface area contributed by atoms with Gasteiger partial charge in [-0.1, -0.05) is 49.4 Å². The van der Waals surface area contributed by atoms with E-state index < -0.39 is 0 Å². The molecule has 4 nitrogen and oxygen atoms in total. The van der Waals surface area contributed by atoms with Gasteiger partial charge in [0.15, 0.2) is 0 Å². The van der Waals surface area contributed by atoms with Gasteiger partial charge in [-0.25, -0.2) is 0 Å². The van der Waals surface area contributed by atoms with E-state index in [2.05, 4.69) is 12.2 Å². The second-order valence-electron chi connectivity index (χ2n) is 6.15. The van der Waals surface area contributed by atoms with Crippen molar-refractivity contribution >= 4 is 23.6 Å². The highest BCUT2D eigenvalue weighted by Gasteiger charge is 2.28. The molecule has 2 aromatic rings. The molecular weight excluding hydrogens is 312 g/mol. The van der Waals surface area contributed by atoms with Crippen molar-refractivity contribution in [1.82, 2.24) is 4.90 Å². The van der Waals surface area contributed by atoms with Gasteiger partial charge in [0.2, 0.25) is 11.8 Å². The molecule has 4 heteroatoms. The molecule has 0 bridgehead atoms. The number of para-hydroxylation sites is 1. The van der Waals surface area contributed by atoms with Crippen molar-refractivity contribution in [3.63, 3.8) is 0 Å². The number of aryl methyl sites for hydroxylation is 1. The van der Waals surface area contributed by atoms with Crippen LogP contribution in [-0.2, 0) is 16.0 Å². The summed E-state index contributed by atoms with van der Waals surface area (Å²) < 4.78 is 0. The van der Waals surface area contributed by atoms with Crippen LogP contribution in [0.3, 0.4) is 0 Å². The molecule has 1 atom stereocenters. The minimum atomic E-state index is -0.285. The normalized spacial score (nSPS) is 15.6. The fraction of sp³-hybridized carbons (Fsp3) is 0.238. The number of rotatable bonds is 4. The lowest BCUT2D eigenvalue weighted by atomic mass is 9.93. The van der Waals surface area contributed by atoms with Crippen LogP contribution in [0.2, 0.25) is 0 Å². The predicted octanol–water partition coefficient (Wildman–Crippen LogP) is 4.15. The van der Waals surface area contributed by atoms with Crippen molar-refractivity contribution in [3.8, 4) is 0 Å². The highest BCUT2D eigenvalue weighted by molar-refractivity contribution is 5.92. The van der Waals surface area contributed by atoms with Crippen LogP contribution in [0, 0.1) is 0 Å². The van der Waals surface area contributed by atoms with Gasteiger partial charge in [0, 0.05) is 18.8 Å². The molecule has 2 aromatic carbocycles. The zero-order chi connectivity index (χ0) is 17.8. The fourth-order valence-corrected chi connectivity index (χ4v) is 3.24. The van der Waals surface area contributed by atoms with Crippen molar-refractivity contribution in [2.45, 2.75) is 32.7 Å². The maximum Gasteiger partial charge on any atom is 0.226 e. The van der Waals surface area contributed by atoms with Gasteiger partial charge in [-0.05, 0) is 35.3 Å². The first-order valence-electron chi connectivity index (χ1n) is 8.54. The van der Waals surface area contributed by atoms with Gasteiger partial charge in [0.1, 0.15) is 0 Å². The highest BCUT2D eigenvalue weighted by Crippen LogP contribution is 2.33. The third-order valence-corrected chi connectivity index (χ3v) is 4.52. The Morgan fingerprint density at radius 2 is 1.80 bits per heavy atom. The lowest BCUT2D eigenvalue weighted by Gasteiger charge is -2.32. The molecule has 0 fully saturated rings. The number of carbonyl (C=O) groups excluding carboxylic acids is 2. The number of nitrogens with one attached hydrogen (secondary N) is 1. The summed E-state index contributed by atoms with van der Waals surface area (Å²) in [7, 11) is 0. The average Bonchev–Trinajstić information content (AvgIpc) is 2.62. The molecule has 0 radical (unpaired) electrons. The molecule has 0 aromatic heterocycles. The minimum Gasteiger partial charge on any atom is -0.326 e. The average molecular weight is 334 g/mol. The number of amides is 2. The molecule has 128 valence electrons. The second-order valence-corrected chi connectivity index (χ2v) is 6.15. The summed E-state index contributed by atoms with van der Waals surface area (Å²) in [5, 5.41) is 3.00. The first-order valence-corrected chi connectivity index (χ1v) is 8.54. The van der Waals surface area contributed by atoms with Gasteiger partial charge < -0.3 is 10.2 Å². The maximum absolute atomic E-state index is 12.7. The van der Waals surface area contributed by atoms with Crippen LogP contribution in [0.1, 0.15) is 43.0 Å². The van der Waals surface area contributed by atoms with Crippen LogP contribution in [0.4, 0.5) is 5.69 Å². The van der Waals surface area contributed by atoms with Crippen molar-refractivity contribution in [2.75, 3.05) is 5.32 Å². The van der Waals surface area contributed by atoms with E-state index >= 15 is 0 Å². The Bertz CT molecular complexity index is 826. The van der Waals surface area contributed by atoms with Gasteiger partial charge in [0.25, 0.3) is 0 Å². The largest absolute Gasteiger partial charge is 0.326 e. The Balaban J connectivity index is 1.83. The number of fused-ring (bicyclic) bond motifs is 1. The summed E-state index contributed by atoms with van der Waals surface area (Å²) in [5.41, 5.74) is 3.98. The van der Waals surface area contributed by atoms with Crippen molar-refractivity contribution in [1.29, 1.82) is 0 Å². The molecule has 0 saturated heterocycles. The van der Waals surface area contributed by atoms with Crippen LogP contribution in [0.25, 0.3) is 6.08 Å². The van der Waals surface area contributed by atoms with E-state index in [-0.39, 0.29) is 24.3 Å². The number of hydrogen-bond donors (Lipinski definition) is 1. The predicted molar refractivity (Wildman–Crippen MR) is 99.8 cm³/mol. The van der Waals surface area contributed by atoms with Gasteiger partial charge in [-0.3, -0.25) is 9.59 Å². The third-order valence-electron chi connectivity index (χ3n) is 4.52. The zero-order valence-electron chi connectivity index (χ0n) is 14.5. The number of carbonyl (C=O) groups is 2. The number of nitrogens with zero attached hydrogens (tertiary/aromatic N) is 1. The maximum atomic E-state index is 12.7. The van der Waals surface area contributed by atoms with Crippen molar-refractivity contribution in [2.24, 2.45) is 0 Å². The molecule has 1 aliphatic heterocycles. The van der Waals surface area contributed by atoms with Crippen LogP contribution in [0.5, 0.6) is 0 Å². The SMILES string of the molecule is CCc1ccccc1NC(=O)CC1c2ccccc2C=CN1C(C)=O. The van der Waals surface area contributed by atoms with E-state index in [1.165, 1.54) is 6.92 Å². The highest BCUT2D eigenvalue weighted by atomic mass is 16.2. The van der Waals surface area contributed by atoms with Crippen LogP contribution in [0.15, 0.2) is 54.7 Å². The van der Waals surface area contributed by atoms with E-state index in [0.717, 1.165) is 28.8 Å². The molecule has 1 aliphatic rings. The number of anilines is 1. The molecule has 1 N–H and O–H groups in total. The van der Waals surface area contributed by atoms with E-state index in [1.807, 2.05) is 54.6 Å². The lowest BCUT2D eigenvalue weighted by molar-refractivity contribution is -0.129. The topological polar surface area (TPSA) is 49.4 Å². The van der Waals surface area contributed by atoms with E-state index in [0.29, 0.717) is 0 Å². The van der Waals surface area contributed by atoms with Gasteiger partial charge in [-0.15, -0.1) is 0 Å². The lowest BCUT2D eigenvalue weighted by Crippen LogP contribution is -2.33. The summed E-state index contributed by atoms with van der Waals surface area (Å²) in [4.78, 5) is 26.3. The first kappa shape index (κ1) is 17.0. The Kier molecular flexibility index (Phi) is 4.98. The summed E-state index contributed by atoms with van der Waals surface area (Å²) in [5.74, 6) is -0.167. The first-order chi connectivity index (χ1) is 12.1. The molecule has 0 spiro atoms. The molecule has 25 heavy (non-hydrogen) atoms. The summed E-state index contributed by atoms with van der Waals surface area (Å²) in [6, 6.07) is 15.4. The van der Waals surface area contributed by atoms with Gasteiger partial charge in [0.05, 0.1) is 12.5 Å². The Morgan fingerprint density at radius 3 is 2.56 bits per heavy atom. The van der Waals surface area contributed by atoms with Crippen LogP contribution >= 0.6 is 0 Å². The van der Waals surface area contributed by atoms with Crippen LogP contribution in [-0.4, -0.2) is 16.7 Å². The molecule has 0 saturated carbocycles. The van der Waals surface area contributed by atoms with Gasteiger partial charge in [-0.2, -0.15) is 0 Å². The van der Waals surface area contributed by atoms with Crippen molar-refractivity contribution < 1.29 is 9.59 Å². The fourth-order valence-electron chi connectivity index (χ4n) is 3.24. The molecule has 0 aliphatic carbocycles. The number of benzene rings is 2. The van der Waals surface area contributed by atoms with Gasteiger partial charge >= 0.3 is 0 Å². The summed E-state index contributed by atoms with van der Waals surface area (Å²) in [6.07, 6.45) is 4.75. The van der Waals surface area contributed by atoms with E-state index in [9.17, 15) is 9.59 Å². The molecule has 3 rings (SSSR count).